The predicted octanol–water partition coefficient (Wildman–Crippen LogP) is 0.734. The Morgan fingerprint density at radius 1 is 1.40 bits per heavy atom. The third kappa shape index (κ3) is 5.02. The van der Waals surface area contributed by atoms with Crippen LogP contribution < -0.4 is 16.0 Å². The Morgan fingerprint density at radius 3 is 2.85 bits per heavy atom. The number of nitrogens with one attached hydrogen (secondary N) is 3. The minimum absolute atomic E-state index is 0.104. The maximum Gasteiger partial charge on any atom is 0.251 e. The number of carbonyl (C=O) groups is 1. The summed E-state index contributed by atoms with van der Waals surface area (Å²) in [5.74, 6) is 3.06. The summed E-state index contributed by atoms with van der Waals surface area (Å²) in [6.07, 6.45) is 5.21. The third-order valence-electron chi connectivity index (χ3n) is 2.54. The van der Waals surface area contributed by atoms with E-state index in [1.807, 2.05) is 25.1 Å². The lowest BCUT2D eigenvalue weighted by atomic mass is 10.1. The van der Waals surface area contributed by atoms with Crippen molar-refractivity contribution in [2.24, 2.45) is 4.99 Å². The number of rotatable bonds is 5. The van der Waals surface area contributed by atoms with E-state index in [9.17, 15) is 4.79 Å². The van der Waals surface area contributed by atoms with E-state index >= 15 is 0 Å². The maximum atomic E-state index is 11.6. The molecule has 0 spiro atoms. The van der Waals surface area contributed by atoms with E-state index in [0.29, 0.717) is 24.6 Å². The van der Waals surface area contributed by atoms with Gasteiger partial charge < -0.3 is 16.0 Å². The van der Waals surface area contributed by atoms with Crippen molar-refractivity contribution >= 4 is 11.9 Å². The Hall–Kier alpha value is -2.48. The van der Waals surface area contributed by atoms with E-state index in [0.717, 1.165) is 12.1 Å². The van der Waals surface area contributed by atoms with Crippen molar-refractivity contribution in [1.82, 2.24) is 16.0 Å². The number of guanidine groups is 1. The van der Waals surface area contributed by atoms with Gasteiger partial charge in [0.25, 0.3) is 5.91 Å². The van der Waals surface area contributed by atoms with E-state index in [2.05, 4.69) is 26.9 Å². The second kappa shape index (κ2) is 8.59. The molecule has 1 aromatic rings. The number of terminal acetylenes is 1. The van der Waals surface area contributed by atoms with Crippen LogP contribution in [-0.4, -0.2) is 32.0 Å². The molecule has 106 valence electrons. The molecule has 5 heteroatoms. The van der Waals surface area contributed by atoms with Crippen LogP contribution in [0.15, 0.2) is 29.3 Å². The minimum atomic E-state index is -0.104. The monoisotopic (exact) mass is 272 g/mol. The highest BCUT2D eigenvalue weighted by atomic mass is 16.1. The number of carbonyl (C=O) groups excluding carboxylic acids is 1. The molecule has 0 atom stereocenters. The summed E-state index contributed by atoms with van der Waals surface area (Å²) in [6, 6.07) is 7.37. The Morgan fingerprint density at radius 2 is 2.20 bits per heavy atom. The van der Waals surface area contributed by atoms with Gasteiger partial charge in [-0.2, -0.15) is 0 Å². The zero-order valence-corrected chi connectivity index (χ0v) is 11.9. The first-order chi connectivity index (χ1) is 9.71. The van der Waals surface area contributed by atoms with Gasteiger partial charge in [0.1, 0.15) is 0 Å². The molecule has 0 aromatic heterocycles. The molecule has 0 bridgehead atoms. The molecular weight excluding hydrogens is 252 g/mol. The molecule has 0 radical (unpaired) electrons. The Bertz CT molecular complexity index is 517. The van der Waals surface area contributed by atoms with E-state index < -0.39 is 0 Å². The summed E-state index contributed by atoms with van der Waals surface area (Å²) in [7, 11) is 1.61. The van der Waals surface area contributed by atoms with Crippen molar-refractivity contribution in [2.75, 3.05) is 20.1 Å². The molecule has 1 rings (SSSR count). The van der Waals surface area contributed by atoms with Crippen molar-refractivity contribution in [3.63, 3.8) is 0 Å². The normalized spacial score (nSPS) is 10.6. The molecular formula is C15H20N4O. The standard InChI is InChI=1S/C15H20N4O/c1-4-9-18-15(17-5-2)19-11-12-7-6-8-13(10-12)14(20)16-3/h1,6-8,10H,5,9,11H2,2-3H3,(H,16,20)(H2,17,18,19). The van der Waals surface area contributed by atoms with Gasteiger partial charge >= 0.3 is 0 Å². The summed E-state index contributed by atoms with van der Waals surface area (Å²) >= 11 is 0. The minimum Gasteiger partial charge on any atom is -0.357 e. The van der Waals surface area contributed by atoms with Gasteiger partial charge in [0.15, 0.2) is 5.96 Å². The van der Waals surface area contributed by atoms with Crippen LogP contribution in [0.2, 0.25) is 0 Å². The molecule has 0 aliphatic heterocycles. The van der Waals surface area contributed by atoms with Crippen LogP contribution in [-0.2, 0) is 6.54 Å². The van der Waals surface area contributed by atoms with Crippen molar-refractivity contribution in [1.29, 1.82) is 0 Å². The molecule has 0 saturated carbocycles. The number of aliphatic imine (C=N–C) groups is 1. The van der Waals surface area contributed by atoms with Crippen molar-refractivity contribution in [3.8, 4) is 12.3 Å². The average Bonchev–Trinajstić information content (AvgIpc) is 2.49. The highest BCUT2D eigenvalue weighted by Gasteiger charge is 2.03. The molecule has 5 nitrogen and oxygen atoms in total. The molecule has 0 aliphatic rings. The predicted molar refractivity (Wildman–Crippen MR) is 81.5 cm³/mol. The van der Waals surface area contributed by atoms with Crippen LogP contribution >= 0.6 is 0 Å². The molecule has 0 saturated heterocycles. The lowest BCUT2D eigenvalue weighted by Gasteiger charge is -2.09. The maximum absolute atomic E-state index is 11.6. The molecule has 1 aromatic carbocycles. The molecule has 1 amide bonds. The largest absolute Gasteiger partial charge is 0.357 e. The molecule has 0 unspecified atom stereocenters. The zero-order chi connectivity index (χ0) is 14.8. The molecule has 0 aliphatic carbocycles. The van der Waals surface area contributed by atoms with Crippen molar-refractivity contribution in [3.05, 3.63) is 35.4 Å². The fourth-order valence-corrected chi connectivity index (χ4v) is 1.60. The lowest BCUT2D eigenvalue weighted by molar-refractivity contribution is 0.0963. The van der Waals surface area contributed by atoms with E-state index in [1.54, 1.807) is 13.1 Å². The number of hydrogen-bond acceptors (Lipinski definition) is 2. The topological polar surface area (TPSA) is 65.5 Å². The van der Waals surface area contributed by atoms with E-state index in [4.69, 9.17) is 6.42 Å². The van der Waals surface area contributed by atoms with Crippen molar-refractivity contribution < 1.29 is 4.79 Å². The van der Waals surface area contributed by atoms with Crippen LogP contribution in [0.1, 0.15) is 22.8 Å². The van der Waals surface area contributed by atoms with E-state index in [1.165, 1.54) is 0 Å². The lowest BCUT2D eigenvalue weighted by Crippen LogP contribution is -2.37. The van der Waals surface area contributed by atoms with Crippen molar-refractivity contribution in [2.45, 2.75) is 13.5 Å². The highest BCUT2D eigenvalue weighted by Crippen LogP contribution is 2.06. The number of amides is 1. The van der Waals surface area contributed by atoms with Crippen LogP contribution in [0, 0.1) is 12.3 Å². The van der Waals surface area contributed by atoms with Gasteiger partial charge in [-0.1, -0.05) is 18.1 Å². The van der Waals surface area contributed by atoms with Gasteiger partial charge in [-0.25, -0.2) is 4.99 Å². The van der Waals surface area contributed by atoms with Crippen LogP contribution in [0.25, 0.3) is 0 Å². The van der Waals surface area contributed by atoms with Gasteiger partial charge in [0, 0.05) is 19.2 Å². The Kier molecular flexibility index (Phi) is 6.69. The fourth-order valence-electron chi connectivity index (χ4n) is 1.60. The van der Waals surface area contributed by atoms with Crippen LogP contribution in [0.3, 0.4) is 0 Å². The second-order valence-corrected chi connectivity index (χ2v) is 4.03. The number of benzene rings is 1. The summed E-state index contributed by atoms with van der Waals surface area (Å²) in [4.78, 5) is 16.0. The van der Waals surface area contributed by atoms with Gasteiger partial charge in [-0.3, -0.25) is 4.79 Å². The fraction of sp³-hybridized carbons (Fsp3) is 0.333. The van der Waals surface area contributed by atoms with Crippen LogP contribution in [0.4, 0.5) is 0 Å². The molecule has 0 fully saturated rings. The quantitative estimate of drug-likeness (QED) is 0.421. The zero-order valence-electron chi connectivity index (χ0n) is 11.9. The summed E-state index contributed by atoms with van der Waals surface area (Å²) in [6.45, 7) is 3.64. The highest BCUT2D eigenvalue weighted by molar-refractivity contribution is 5.94. The smallest absolute Gasteiger partial charge is 0.251 e. The first-order valence-electron chi connectivity index (χ1n) is 6.48. The number of hydrogen-bond donors (Lipinski definition) is 3. The summed E-state index contributed by atoms with van der Waals surface area (Å²) < 4.78 is 0. The third-order valence-corrected chi connectivity index (χ3v) is 2.54. The molecule has 20 heavy (non-hydrogen) atoms. The first kappa shape index (κ1) is 15.6. The summed E-state index contributed by atoms with van der Waals surface area (Å²) in [5, 5.41) is 8.71. The summed E-state index contributed by atoms with van der Waals surface area (Å²) in [5.41, 5.74) is 1.59. The van der Waals surface area contributed by atoms with E-state index in [-0.39, 0.29) is 5.91 Å². The molecule has 0 heterocycles. The van der Waals surface area contributed by atoms with Gasteiger partial charge in [-0.05, 0) is 24.6 Å². The SMILES string of the molecule is C#CCNC(=NCc1cccc(C(=O)NC)c1)NCC. The molecule has 3 N–H and O–H groups in total. The Labute approximate surface area is 119 Å². The van der Waals surface area contributed by atoms with Gasteiger partial charge in [-0.15, -0.1) is 6.42 Å². The second-order valence-electron chi connectivity index (χ2n) is 4.03. The first-order valence-corrected chi connectivity index (χ1v) is 6.48. The van der Waals surface area contributed by atoms with Gasteiger partial charge in [0.05, 0.1) is 13.1 Å². The van der Waals surface area contributed by atoms with Crippen LogP contribution in [0.5, 0.6) is 0 Å². The number of nitrogens with zero attached hydrogens (tertiary/aromatic N) is 1. The average molecular weight is 272 g/mol. The Balaban J connectivity index is 2.75. The van der Waals surface area contributed by atoms with Gasteiger partial charge in [0.2, 0.25) is 0 Å².